The fourth-order valence-corrected chi connectivity index (χ4v) is 3.23. The van der Waals surface area contributed by atoms with E-state index in [0.29, 0.717) is 36.3 Å². The smallest absolute Gasteiger partial charge is 0.236 e. The lowest BCUT2D eigenvalue weighted by Gasteiger charge is -2.28. The van der Waals surface area contributed by atoms with Gasteiger partial charge in [-0.2, -0.15) is 0 Å². The van der Waals surface area contributed by atoms with Crippen LogP contribution in [0.2, 0.25) is 10.0 Å². The second-order valence-electron chi connectivity index (χ2n) is 6.12. The van der Waals surface area contributed by atoms with E-state index in [0.717, 1.165) is 5.56 Å². The van der Waals surface area contributed by atoms with Gasteiger partial charge in [-0.05, 0) is 31.7 Å². The summed E-state index contributed by atoms with van der Waals surface area (Å²) >= 11 is 12.0. The van der Waals surface area contributed by atoms with Gasteiger partial charge in [0.2, 0.25) is 11.8 Å². The molecule has 1 aromatic carbocycles. The molecule has 1 N–H and O–H groups in total. The molecule has 0 saturated carbocycles. The third-order valence-electron chi connectivity index (χ3n) is 3.99. The molecule has 6 nitrogen and oxygen atoms in total. The van der Waals surface area contributed by atoms with Gasteiger partial charge in [-0.15, -0.1) is 0 Å². The zero-order valence-electron chi connectivity index (χ0n) is 14.4. The molecule has 0 aromatic heterocycles. The van der Waals surface area contributed by atoms with Crippen LogP contribution in [0, 0.1) is 0 Å². The van der Waals surface area contributed by atoms with Crippen LogP contribution in [0.5, 0.6) is 0 Å². The van der Waals surface area contributed by atoms with Gasteiger partial charge in [0.25, 0.3) is 0 Å². The van der Waals surface area contributed by atoms with Crippen molar-refractivity contribution < 1.29 is 14.3 Å². The van der Waals surface area contributed by atoms with Crippen molar-refractivity contribution in [2.45, 2.75) is 13.0 Å². The quantitative estimate of drug-likeness (QED) is 0.810. The Balaban J connectivity index is 1.81. The molecular weight excluding hydrogens is 365 g/mol. The SMILES string of the molecule is C[C@H](NC(=O)CN(C)CC(=O)N1CCOCC1)c1ccc(Cl)cc1Cl. The standard InChI is InChI=1S/C17H23Cl2N3O3/c1-12(14-4-3-13(18)9-15(14)19)20-16(23)10-21(2)11-17(24)22-5-7-25-8-6-22/h3-4,9,12H,5-8,10-11H2,1-2H3,(H,20,23)/t12-/m0/s1. The largest absolute Gasteiger partial charge is 0.378 e. The number of amides is 2. The maximum atomic E-state index is 12.2. The Morgan fingerprint density at radius 2 is 1.96 bits per heavy atom. The average Bonchev–Trinajstić information content (AvgIpc) is 2.55. The monoisotopic (exact) mass is 387 g/mol. The number of hydrogen-bond donors (Lipinski definition) is 1. The van der Waals surface area contributed by atoms with Gasteiger partial charge in [-0.1, -0.05) is 29.3 Å². The molecule has 2 rings (SSSR count). The lowest BCUT2D eigenvalue weighted by atomic mass is 10.1. The molecule has 1 aliphatic rings. The van der Waals surface area contributed by atoms with Crippen molar-refractivity contribution in [1.82, 2.24) is 15.1 Å². The lowest BCUT2D eigenvalue weighted by molar-refractivity contribution is -0.136. The lowest BCUT2D eigenvalue weighted by Crippen LogP contribution is -2.46. The molecule has 1 heterocycles. The van der Waals surface area contributed by atoms with Crippen LogP contribution in [-0.2, 0) is 14.3 Å². The van der Waals surface area contributed by atoms with Gasteiger partial charge in [-0.3, -0.25) is 14.5 Å². The molecule has 1 aliphatic heterocycles. The van der Waals surface area contributed by atoms with Crippen LogP contribution in [0.1, 0.15) is 18.5 Å². The number of nitrogens with one attached hydrogen (secondary N) is 1. The Morgan fingerprint density at radius 3 is 2.60 bits per heavy atom. The highest BCUT2D eigenvalue weighted by atomic mass is 35.5. The van der Waals surface area contributed by atoms with E-state index in [1.54, 1.807) is 35.0 Å². The fraction of sp³-hybridized carbons (Fsp3) is 0.529. The van der Waals surface area contributed by atoms with Crippen molar-refractivity contribution in [3.05, 3.63) is 33.8 Å². The molecule has 1 saturated heterocycles. The molecule has 1 atom stereocenters. The van der Waals surface area contributed by atoms with Crippen molar-refractivity contribution in [2.75, 3.05) is 46.4 Å². The summed E-state index contributed by atoms with van der Waals surface area (Å²) in [6, 6.07) is 4.93. The predicted molar refractivity (Wildman–Crippen MR) is 97.9 cm³/mol. The summed E-state index contributed by atoms with van der Waals surface area (Å²) in [7, 11) is 1.75. The van der Waals surface area contributed by atoms with E-state index in [1.165, 1.54) is 0 Å². The number of carbonyl (C=O) groups is 2. The van der Waals surface area contributed by atoms with Gasteiger partial charge in [0.05, 0.1) is 32.3 Å². The summed E-state index contributed by atoms with van der Waals surface area (Å²) < 4.78 is 5.23. The normalized spacial score (nSPS) is 16.0. The van der Waals surface area contributed by atoms with E-state index in [-0.39, 0.29) is 30.9 Å². The Bertz CT molecular complexity index is 621. The highest BCUT2D eigenvalue weighted by Crippen LogP contribution is 2.25. The summed E-state index contributed by atoms with van der Waals surface area (Å²) in [4.78, 5) is 27.8. The van der Waals surface area contributed by atoms with Crippen molar-refractivity contribution in [3.63, 3.8) is 0 Å². The van der Waals surface area contributed by atoms with Crippen LogP contribution in [-0.4, -0.2) is 68.1 Å². The Labute approximate surface area is 158 Å². The molecule has 25 heavy (non-hydrogen) atoms. The van der Waals surface area contributed by atoms with Gasteiger partial charge >= 0.3 is 0 Å². The first-order valence-corrected chi connectivity index (χ1v) is 8.91. The Hall–Kier alpha value is -1.34. The summed E-state index contributed by atoms with van der Waals surface area (Å²) in [5, 5.41) is 3.95. The van der Waals surface area contributed by atoms with Crippen LogP contribution in [0.15, 0.2) is 18.2 Å². The van der Waals surface area contributed by atoms with Gasteiger partial charge in [-0.25, -0.2) is 0 Å². The maximum Gasteiger partial charge on any atom is 0.236 e. The van der Waals surface area contributed by atoms with Crippen molar-refractivity contribution in [2.24, 2.45) is 0 Å². The molecule has 1 aromatic rings. The molecule has 0 unspecified atom stereocenters. The Kier molecular flexibility index (Phi) is 7.50. The van der Waals surface area contributed by atoms with Crippen molar-refractivity contribution in [3.8, 4) is 0 Å². The second-order valence-corrected chi connectivity index (χ2v) is 6.96. The average molecular weight is 388 g/mol. The number of likely N-dealkylation sites (N-methyl/N-ethyl adjacent to an activating group) is 1. The molecule has 2 amide bonds. The number of nitrogens with zero attached hydrogens (tertiary/aromatic N) is 2. The molecular formula is C17H23Cl2N3O3. The molecule has 0 spiro atoms. The third-order valence-corrected chi connectivity index (χ3v) is 4.55. The second kappa shape index (κ2) is 9.38. The summed E-state index contributed by atoms with van der Waals surface area (Å²) in [5.41, 5.74) is 0.798. The highest BCUT2D eigenvalue weighted by molar-refractivity contribution is 6.35. The van der Waals surface area contributed by atoms with E-state index in [4.69, 9.17) is 27.9 Å². The zero-order valence-corrected chi connectivity index (χ0v) is 15.9. The number of hydrogen-bond acceptors (Lipinski definition) is 4. The molecule has 0 bridgehead atoms. The van der Waals surface area contributed by atoms with Crippen LogP contribution in [0.4, 0.5) is 0 Å². The van der Waals surface area contributed by atoms with Crippen molar-refractivity contribution in [1.29, 1.82) is 0 Å². The fourth-order valence-electron chi connectivity index (χ4n) is 2.66. The van der Waals surface area contributed by atoms with E-state index in [1.807, 2.05) is 6.92 Å². The minimum absolute atomic E-state index is 0.00685. The van der Waals surface area contributed by atoms with E-state index in [2.05, 4.69) is 5.32 Å². The van der Waals surface area contributed by atoms with Gasteiger partial charge < -0.3 is 15.0 Å². The number of morpholine rings is 1. The van der Waals surface area contributed by atoms with E-state index >= 15 is 0 Å². The third kappa shape index (κ3) is 6.15. The van der Waals surface area contributed by atoms with E-state index in [9.17, 15) is 9.59 Å². The van der Waals surface area contributed by atoms with E-state index < -0.39 is 0 Å². The zero-order chi connectivity index (χ0) is 18.4. The molecule has 138 valence electrons. The molecule has 0 aliphatic carbocycles. The van der Waals surface area contributed by atoms with Crippen LogP contribution < -0.4 is 5.32 Å². The number of carbonyl (C=O) groups excluding carboxylic acids is 2. The van der Waals surface area contributed by atoms with Crippen LogP contribution in [0.25, 0.3) is 0 Å². The first-order valence-electron chi connectivity index (χ1n) is 8.15. The number of benzene rings is 1. The molecule has 0 radical (unpaired) electrons. The first-order chi connectivity index (χ1) is 11.9. The minimum Gasteiger partial charge on any atom is -0.378 e. The first kappa shape index (κ1) is 20.0. The topological polar surface area (TPSA) is 61.9 Å². The molecule has 8 heteroatoms. The highest BCUT2D eigenvalue weighted by Gasteiger charge is 2.20. The minimum atomic E-state index is -0.249. The van der Waals surface area contributed by atoms with Crippen LogP contribution >= 0.6 is 23.2 Å². The van der Waals surface area contributed by atoms with Gasteiger partial charge in [0.1, 0.15) is 0 Å². The van der Waals surface area contributed by atoms with Gasteiger partial charge in [0, 0.05) is 23.1 Å². The number of rotatable bonds is 6. The summed E-state index contributed by atoms with van der Waals surface area (Å²) in [6.45, 7) is 4.52. The molecule has 1 fully saturated rings. The van der Waals surface area contributed by atoms with Gasteiger partial charge in [0.15, 0.2) is 0 Å². The predicted octanol–water partition coefficient (Wildman–Crippen LogP) is 1.96. The summed E-state index contributed by atoms with van der Waals surface area (Å²) in [6.07, 6.45) is 0. The number of halogens is 2. The van der Waals surface area contributed by atoms with Crippen molar-refractivity contribution >= 4 is 35.0 Å². The summed E-state index contributed by atoms with van der Waals surface area (Å²) in [5.74, 6) is -0.164. The number of ether oxygens (including phenoxy) is 1. The maximum absolute atomic E-state index is 12.2. The Morgan fingerprint density at radius 1 is 1.28 bits per heavy atom. The van der Waals surface area contributed by atoms with Crippen LogP contribution in [0.3, 0.4) is 0 Å².